The number of phenolic OH excluding ortho intramolecular Hbond substituents is 1. The van der Waals surface area contributed by atoms with Crippen LogP contribution in [0, 0.1) is 12.7 Å². The van der Waals surface area contributed by atoms with Crippen molar-refractivity contribution < 1.29 is 14.2 Å². The van der Waals surface area contributed by atoms with Gasteiger partial charge in [0.15, 0.2) is 0 Å². The zero-order valence-corrected chi connectivity index (χ0v) is 14.4. The molecule has 3 aromatic carbocycles. The maximum absolute atomic E-state index is 13.8. The van der Waals surface area contributed by atoms with E-state index in [0.717, 1.165) is 16.7 Å². The molecule has 0 amide bonds. The van der Waals surface area contributed by atoms with Crippen LogP contribution in [0.3, 0.4) is 0 Å². The highest BCUT2D eigenvalue weighted by molar-refractivity contribution is 5.85. The van der Waals surface area contributed by atoms with Crippen LogP contribution in [-0.2, 0) is 5.60 Å². The van der Waals surface area contributed by atoms with E-state index in [1.807, 2.05) is 51.1 Å². The zero-order chi connectivity index (χ0) is 17.8. The van der Waals surface area contributed by atoms with Gasteiger partial charge in [-0.1, -0.05) is 35.9 Å². The summed E-state index contributed by atoms with van der Waals surface area (Å²) in [7, 11) is 0. The standard InChI is InChI=1S/C22H19FO2/c1-13-4-6-14(7-5-13)15-10-19(24)21-17-12-16(23)8-9-18(17)22(2,3)25-20(21)11-15/h4-12,24H,1-3H3. The Bertz CT molecular complexity index is 972. The first-order valence-electron chi connectivity index (χ1n) is 8.28. The number of fused-ring (bicyclic) bond motifs is 3. The van der Waals surface area contributed by atoms with Crippen LogP contribution in [0.5, 0.6) is 11.5 Å². The molecule has 0 spiro atoms. The number of phenols is 1. The summed E-state index contributed by atoms with van der Waals surface area (Å²) in [6.45, 7) is 5.93. The topological polar surface area (TPSA) is 29.5 Å². The molecule has 0 fully saturated rings. The first kappa shape index (κ1) is 15.7. The molecule has 1 N–H and O–H groups in total. The van der Waals surface area contributed by atoms with Crippen LogP contribution in [0.2, 0.25) is 0 Å². The number of halogens is 1. The van der Waals surface area contributed by atoms with Crippen molar-refractivity contribution >= 4 is 0 Å². The molecular formula is C22H19FO2. The summed E-state index contributed by atoms with van der Waals surface area (Å²) in [6.07, 6.45) is 0. The molecular weight excluding hydrogens is 315 g/mol. The van der Waals surface area contributed by atoms with Crippen molar-refractivity contribution in [3.63, 3.8) is 0 Å². The van der Waals surface area contributed by atoms with Crippen molar-refractivity contribution in [1.82, 2.24) is 0 Å². The number of rotatable bonds is 1. The van der Waals surface area contributed by atoms with Crippen molar-refractivity contribution in [2.24, 2.45) is 0 Å². The summed E-state index contributed by atoms with van der Waals surface area (Å²) in [5, 5.41) is 10.7. The molecule has 0 aromatic heterocycles. The Morgan fingerprint density at radius 3 is 2.36 bits per heavy atom. The van der Waals surface area contributed by atoms with E-state index in [0.29, 0.717) is 16.9 Å². The fourth-order valence-corrected chi connectivity index (χ4v) is 3.44. The van der Waals surface area contributed by atoms with Crippen LogP contribution in [0.4, 0.5) is 4.39 Å². The summed E-state index contributed by atoms with van der Waals surface area (Å²) >= 11 is 0. The fourth-order valence-electron chi connectivity index (χ4n) is 3.44. The molecule has 1 aliphatic heterocycles. The smallest absolute Gasteiger partial charge is 0.132 e. The molecule has 0 radical (unpaired) electrons. The van der Waals surface area contributed by atoms with E-state index in [1.54, 1.807) is 12.1 Å². The molecule has 0 bridgehead atoms. The lowest BCUT2D eigenvalue weighted by Gasteiger charge is -2.35. The Morgan fingerprint density at radius 1 is 0.920 bits per heavy atom. The molecule has 1 aliphatic rings. The quantitative estimate of drug-likeness (QED) is 0.609. The van der Waals surface area contributed by atoms with E-state index in [4.69, 9.17) is 4.74 Å². The zero-order valence-electron chi connectivity index (χ0n) is 14.4. The van der Waals surface area contributed by atoms with E-state index < -0.39 is 5.60 Å². The predicted molar refractivity (Wildman–Crippen MR) is 97.3 cm³/mol. The van der Waals surface area contributed by atoms with Crippen molar-refractivity contribution in [1.29, 1.82) is 0 Å². The van der Waals surface area contributed by atoms with Crippen LogP contribution in [-0.4, -0.2) is 5.11 Å². The van der Waals surface area contributed by atoms with Gasteiger partial charge in [-0.15, -0.1) is 0 Å². The molecule has 0 saturated carbocycles. The van der Waals surface area contributed by atoms with Crippen molar-refractivity contribution in [3.05, 3.63) is 71.5 Å². The number of hydrogen-bond acceptors (Lipinski definition) is 2. The van der Waals surface area contributed by atoms with Gasteiger partial charge in [0.2, 0.25) is 0 Å². The molecule has 25 heavy (non-hydrogen) atoms. The Labute approximate surface area is 146 Å². The third kappa shape index (κ3) is 2.56. The van der Waals surface area contributed by atoms with Gasteiger partial charge in [0.05, 0.1) is 5.56 Å². The second-order valence-electron chi connectivity index (χ2n) is 7.04. The summed E-state index contributed by atoms with van der Waals surface area (Å²) in [4.78, 5) is 0. The second-order valence-corrected chi connectivity index (χ2v) is 7.04. The van der Waals surface area contributed by atoms with Crippen LogP contribution in [0.15, 0.2) is 54.6 Å². The predicted octanol–water partition coefficient (Wildman–Crippen LogP) is 5.80. The molecule has 3 aromatic rings. The van der Waals surface area contributed by atoms with Gasteiger partial charge >= 0.3 is 0 Å². The molecule has 0 saturated heterocycles. The highest BCUT2D eigenvalue weighted by Crippen LogP contribution is 2.50. The van der Waals surface area contributed by atoms with Crippen LogP contribution >= 0.6 is 0 Å². The van der Waals surface area contributed by atoms with Gasteiger partial charge in [0.1, 0.15) is 22.9 Å². The minimum Gasteiger partial charge on any atom is -0.507 e. The van der Waals surface area contributed by atoms with Gasteiger partial charge in [0, 0.05) is 5.56 Å². The monoisotopic (exact) mass is 334 g/mol. The summed E-state index contributed by atoms with van der Waals surface area (Å²) in [6, 6.07) is 16.3. The molecule has 2 nitrogen and oxygen atoms in total. The molecule has 0 atom stereocenters. The third-order valence-corrected chi connectivity index (χ3v) is 4.73. The lowest BCUT2D eigenvalue weighted by atomic mass is 9.85. The van der Waals surface area contributed by atoms with Crippen molar-refractivity contribution in [2.45, 2.75) is 26.4 Å². The number of ether oxygens (including phenoxy) is 1. The van der Waals surface area contributed by atoms with Crippen molar-refractivity contribution in [2.75, 3.05) is 0 Å². The van der Waals surface area contributed by atoms with Crippen LogP contribution in [0.25, 0.3) is 22.3 Å². The third-order valence-electron chi connectivity index (χ3n) is 4.73. The lowest BCUT2D eigenvalue weighted by Crippen LogP contribution is -2.29. The molecule has 4 rings (SSSR count). The maximum Gasteiger partial charge on any atom is 0.132 e. The molecule has 0 aliphatic carbocycles. The van der Waals surface area contributed by atoms with Gasteiger partial charge in [0.25, 0.3) is 0 Å². The Balaban J connectivity index is 1.94. The summed E-state index contributed by atoms with van der Waals surface area (Å²) < 4.78 is 20.0. The van der Waals surface area contributed by atoms with Gasteiger partial charge in [-0.25, -0.2) is 4.39 Å². The Morgan fingerprint density at radius 2 is 1.64 bits per heavy atom. The normalized spacial score (nSPS) is 14.4. The van der Waals surface area contributed by atoms with Gasteiger partial charge in [-0.05, 0) is 61.7 Å². The average Bonchev–Trinajstić information content (AvgIpc) is 2.54. The van der Waals surface area contributed by atoms with Gasteiger partial charge < -0.3 is 9.84 Å². The number of aromatic hydroxyl groups is 1. The first-order chi connectivity index (χ1) is 11.8. The van der Waals surface area contributed by atoms with Crippen molar-refractivity contribution in [3.8, 4) is 33.8 Å². The highest BCUT2D eigenvalue weighted by atomic mass is 19.1. The number of aryl methyl sites for hydroxylation is 1. The lowest BCUT2D eigenvalue weighted by molar-refractivity contribution is 0.105. The second kappa shape index (κ2) is 5.35. The Hall–Kier alpha value is -2.81. The molecule has 126 valence electrons. The van der Waals surface area contributed by atoms with Crippen LogP contribution in [0.1, 0.15) is 25.0 Å². The minimum absolute atomic E-state index is 0.0930. The van der Waals surface area contributed by atoms with Crippen LogP contribution < -0.4 is 4.74 Å². The molecule has 0 unspecified atom stereocenters. The number of benzene rings is 3. The summed E-state index contributed by atoms with van der Waals surface area (Å²) in [5.74, 6) is 0.332. The molecule has 3 heteroatoms. The maximum atomic E-state index is 13.8. The first-order valence-corrected chi connectivity index (χ1v) is 8.28. The van der Waals surface area contributed by atoms with Gasteiger partial charge in [-0.3, -0.25) is 0 Å². The fraction of sp³-hybridized carbons (Fsp3) is 0.182. The van der Waals surface area contributed by atoms with E-state index in [9.17, 15) is 9.50 Å². The summed E-state index contributed by atoms with van der Waals surface area (Å²) in [5.41, 5.74) is 4.52. The van der Waals surface area contributed by atoms with Gasteiger partial charge in [-0.2, -0.15) is 0 Å². The minimum atomic E-state index is -0.603. The van der Waals surface area contributed by atoms with E-state index in [2.05, 4.69) is 0 Å². The number of hydrogen-bond donors (Lipinski definition) is 1. The van der Waals surface area contributed by atoms with E-state index in [-0.39, 0.29) is 11.6 Å². The van der Waals surface area contributed by atoms with E-state index in [1.165, 1.54) is 17.7 Å². The highest BCUT2D eigenvalue weighted by Gasteiger charge is 2.34. The molecule has 1 heterocycles. The largest absolute Gasteiger partial charge is 0.507 e. The SMILES string of the molecule is Cc1ccc(-c2cc(O)c3c(c2)OC(C)(C)c2ccc(F)cc2-3)cc1. The van der Waals surface area contributed by atoms with E-state index >= 15 is 0 Å². The average molecular weight is 334 g/mol. The Kier molecular flexibility index (Phi) is 3.36.